The van der Waals surface area contributed by atoms with Crippen molar-refractivity contribution >= 4 is 0 Å². The van der Waals surface area contributed by atoms with Gasteiger partial charge in [0, 0.05) is 12.3 Å². The first-order valence-corrected chi connectivity index (χ1v) is 5.54. The van der Waals surface area contributed by atoms with E-state index < -0.39 is 0 Å². The molecule has 0 atom stereocenters. The SMILES string of the molecule is Cc1ccn(COCc2ccccc2)c(=O)c1. The van der Waals surface area contributed by atoms with Gasteiger partial charge in [-0.15, -0.1) is 0 Å². The third-order valence-electron chi connectivity index (χ3n) is 2.49. The lowest BCUT2D eigenvalue weighted by Crippen LogP contribution is -2.20. The van der Waals surface area contributed by atoms with E-state index in [1.807, 2.05) is 43.3 Å². The van der Waals surface area contributed by atoms with Crippen molar-refractivity contribution in [2.24, 2.45) is 0 Å². The fourth-order valence-electron chi connectivity index (χ4n) is 1.55. The van der Waals surface area contributed by atoms with Crippen molar-refractivity contribution in [3.05, 3.63) is 70.1 Å². The summed E-state index contributed by atoms with van der Waals surface area (Å²) in [5.41, 5.74) is 2.04. The van der Waals surface area contributed by atoms with E-state index >= 15 is 0 Å². The standard InChI is InChI=1S/C14H15NO2/c1-12-7-8-15(14(16)9-12)11-17-10-13-5-3-2-4-6-13/h2-9H,10-11H2,1H3. The van der Waals surface area contributed by atoms with Crippen molar-refractivity contribution in [3.63, 3.8) is 0 Å². The van der Waals surface area contributed by atoms with Gasteiger partial charge in [0.15, 0.2) is 0 Å². The molecular formula is C14H15NO2. The van der Waals surface area contributed by atoms with E-state index in [-0.39, 0.29) is 12.3 Å². The zero-order valence-electron chi connectivity index (χ0n) is 9.80. The molecule has 3 heteroatoms. The first-order valence-electron chi connectivity index (χ1n) is 5.54. The lowest BCUT2D eigenvalue weighted by atomic mass is 10.2. The fraction of sp³-hybridized carbons (Fsp3) is 0.214. The zero-order chi connectivity index (χ0) is 12.1. The molecule has 1 heterocycles. The number of rotatable bonds is 4. The Morgan fingerprint density at radius 1 is 1.18 bits per heavy atom. The summed E-state index contributed by atoms with van der Waals surface area (Å²) in [4.78, 5) is 11.6. The van der Waals surface area contributed by atoms with Gasteiger partial charge in [0.05, 0.1) is 6.61 Å². The summed E-state index contributed by atoms with van der Waals surface area (Å²) in [5.74, 6) is 0. The van der Waals surface area contributed by atoms with Gasteiger partial charge in [0.1, 0.15) is 6.73 Å². The Hall–Kier alpha value is -1.87. The molecule has 0 unspecified atom stereocenters. The first kappa shape index (κ1) is 11.6. The van der Waals surface area contributed by atoms with Gasteiger partial charge in [-0.05, 0) is 24.1 Å². The van der Waals surface area contributed by atoms with Gasteiger partial charge < -0.3 is 4.74 Å². The minimum atomic E-state index is -0.0296. The van der Waals surface area contributed by atoms with Gasteiger partial charge in [0.25, 0.3) is 5.56 Å². The Labute approximate surface area is 100 Å². The van der Waals surface area contributed by atoms with Crippen LogP contribution in [0, 0.1) is 6.92 Å². The molecule has 0 bridgehead atoms. The van der Waals surface area contributed by atoms with Crippen molar-refractivity contribution in [3.8, 4) is 0 Å². The molecule has 0 saturated carbocycles. The second-order valence-corrected chi connectivity index (χ2v) is 3.98. The third kappa shape index (κ3) is 3.29. The monoisotopic (exact) mass is 229 g/mol. The summed E-state index contributed by atoms with van der Waals surface area (Å²) >= 11 is 0. The van der Waals surface area contributed by atoms with Crippen LogP contribution < -0.4 is 5.56 Å². The molecule has 0 N–H and O–H groups in total. The molecule has 0 aliphatic carbocycles. The second kappa shape index (κ2) is 5.46. The molecule has 0 aliphatic heterocycles. The average Bonchev–Trinajstić information content (AvgIpc) is 2.33. The van der Waals surface area contributed by atoms with E-state index in [0.29, 0.717) is 6.61 Å². The number of aromatic nitrogens is 1. The van der Waals surface area contributed by atoms with Crippen molar-refractivity contribution in [1.29, 1.82) is 0 Å². The van der Waals surface area contributed by atoms with Crippen molar-refractivity contribution in [2.75, 3.05) is 0 Å². The molecule has 0 amide bonds. The molecule has 0 fully saturated rings. The number of hydrogen-bond acceptors (Lipinski definition) is 2. The highest BCUT2D eigenvalue weighted by molar-refractivity contribution is 5.13. The molecule has 2 aromatic rings. The Morgan fingerprint density at radius 2 is 1.94 bits per heavy atom. The molecule has 0 aliphatic rings. The summed E-state index contributed by atoms with van der Waals surface area (Å²) in [6.45, 7) is 2.70. The number of pyridine rings is 1. The predicted octanol–water partition coefficient (Wildman–Crippen LogP) is 2.33. The van der Waals surface area contributed by atoms with Crippen LogP contribution in [0.1, 0.15) is 11.1 Å². The lowest BCUT2D eigenvalue weighted by Gasteiger charge is -2.07. The lowest BCUT2D eigenvalue weighted by molar-refractivity contribution is 0.0617. The Kier molecular flexibility index (Phi) is 3.73. The summed E-state index contributed by atoms with van der Waals surface area (Å²) in [6, 6.07) is 13.4. The summed E-state index contributed by atoms with van der Waals surface area (Å²) in [6.07, 6.45) is 1.75. The Morgan fingerprint density at radius 3 is 2.65 bits per heavy atom. The van der Waals surface area contributed by atoms with E-state index in [1.54, 1.807) is 16.8 Å². The van der Waals surface area contributed by atoms with Gasteiger partial charge in [-0.25, -0.2) is 0 Å². The molecule has 0 radical (unpaired) electrons. The first-order chi connectivity index (χ1) is 8.25. The van der Waals surface area contributed by atoms with Gasteiger partial charge in [0.2, 0.25) is 0 Å². The summed E-state index contributed by atoms with van der Waals surface area (Å²) < 4.78 is 7.04. The van der Waals surface area contributed by atoms with Crippen LogP contribution in [0.3, 0.4) is 0 Å². The Balaban J connectivity index is 1.93. The smallest absolute Gasteiger partial charge is 0.252 e. The van der Waals surface area contributed by atoms with E-state index in [0.717, 1.165) is 11.1 Å². The van der Waals surface area contributed by atoms with Crippen LogP contribution in [0.5, 0.6) is 0 Å². The van der Waals surface area contributed by atoms with Gasteiger partial charge in [-0.1, -0.05) is 30.3 Å². The molecule has 0 saturated heterocycles. The van der Waals surface area contributed by atoms with Crippen LogP contribution in [0.2, 0.25) is 0 Å². The fourth-order valence-corrected chi connectivity index (χ4v) is 1.55. The topological polar surface area (TPSA) is 31.2 Å². The molecule has 88 valence electrons. The van der Waals surface area contributed by atoms with Crippen LogP contribution in [0.15, 0.2) is 53.5 Å². The number of hydrogen-bond donors (Lipinski definition) is 0. The van der Waals surface area contributed by atoms with Crippen LogP contribution in [0.4, 0.5) is 0 Å². The quantitative estimate of drug-likeness (QED) is 0.805. The maximum Gasteiger partial charge on any atom is 0.252 e. The molecule has 17 heavy (non-hydrogen) atoms. The summed E-state index contributed by atoms with van der Waals surface area (Å²) in [7, 11) is 0. The van der Waals surface area contributed by atoms with Crippen LogP contribution in [-0.4, -0.2) is 4.57 Å². The van der Waals surface area contributed by atoms with Gasteiger partial charge in [-0.3, -0.25) is 9.36 Å². The number of ether oxygens (including phenoxy) is 1. The van der Waals surface area contributed by atoms with Gasteiger partial charge in [-0.2, -0.15) is 0 Å². The highest BCUT2D eigenvalue weighted by Gasteiger charge is 1.96. The highest BCUT2D eigenvalue weighted by atomic mass is 16.5. The minimum absolute atomic E-state index is 0.0296. The van der Waals surface area contributed by atoms with Crippen molar-refractivity contribution in [2.45, 2.75) is 20.3 Å². The summed E-state index contributed by atoms with van der Waals surface area (Å²) in [5, 5.41) is 0. The third-order valence-corrected chi connectivity index (χ3v) is 2.49. The molecule has 3 nitrogen and oxygen atoms in total. The van der Waals surface area contributed by atoms with Crippen LogP contribution in [-0.2, 0) is 18.1 Å². The maximum absolute atomic E-state index is 11.6. The van der Waals surface area contributed by atoms with E-state index in [1.165, 1.54) is 0 Å². The largest absolute Gasteiger partial charge is 0.356 e. The van der Waals surface area contributed by atoms with E-state index in [2.05, 4.69) is 0 Å². The normalized spacial score (nSPS) is 10.4. The van der Waals surface area contributed by atoms with E-state index in [9.17, 15) is 4.79 Å². The average molecular weight is 229 g/mol. The van der Waals surface area contributed by atoms with Crippen molar-refractivity contribution < 1.29 is 4.74 Å². The number of nitrogens with zero attached hydrogens (tertiary/aromatic N) is 1. The van der Waals surface area contributed by atoms with E-state index in [4.69, 9.17) is 4.74 Å². The Bertz CT molecular complexity index is 531. The predicted molar refractivity (Wildman–Crippen MR) is 66.7 cm³/mol. The zero-order valence-corrected chi connectivity index (χ0v) is 9.80. The van der Waals surface area contributed by atoms with Crippen molar-refractivity contribution in [1.82, 2.24) is 4.57 Å². The second-order valence-electron chi connectivity index (χ2n) is 3.98. The highest BCUT2D eigenvalue weighted by Crippen LogP contribution is 2.01. The van der Waals surface area contributed by atoms with Gasteiger partial charge >= 0.3 is 0 Å². The molecule has 1 aromatic heterocycles. The molecular weight excluding hydrogens is 214 g/mol. The molecule has 0 spiro atoms. The molecule has 1 aromatic carbocycles. The maximum atomic E-state index is 11.6. The number of benzene rings is 1. The molecule has 2 rings (SSSR count). The van der Waals surface area contributed by atoms with Crippen LogP contribution in [0.25, 0.3) is 0 Å². The van der Waals surface area contributed by atoms with Crippen LogP contribution >= 0.6 is 0 Å². The number of aryl methyl sites for hydroxylation is 1. The minimum Gasteiger partial charge on any atom is -0.356 e.